The van der Waals surface area contributed by atoms with Crippen molar-refractivity contribution < 1.29 is 0 Å². The summed E-state index contributed by atoms with van der Waals surface area (Å²) < 4.78 is 0. The van der Waals surface area contributed by atoms with E-state index >= 15 is 0 Å². The second-order valence-electron chi connectivity index (χ2n) is 5.67. The molecule has 0 aromatic heterocycles. The fourth-order valence-corrected chi connectivity index (χ4v) is 2.23. The fraction of sp³-hybridized carbons (Fsp3) is 0.647. The summed E-state index contributed by atoms with van der Waals surface area (Å²) in [5.41, 5.74) is 1.45. The van der Waals surface area contributed by atoms with Crippen LogP contribution in [0.25, 0.3) is 0 Å². The largest absolute Gasteiger partial charge is 0.316 e. The monoisotopic (exact) mass is 262 g/mol. The summed E-state index contributed by atoms with van der Waals surface area (Å²) in [5, 5.41) is 7.06. The van der Waals surface area contributed by atoms with Gasteiger partial charge in [0.25, 0.3) is 0 Å². The predicted octanol–water partition coefficient (Wildman–Crippen LogP) is 3.41. The van der Waals surface area contributed by atoms with Crippen LogP contribution in [-0.4, -0.2) is 26.2 Å². The average molecular weight is 262 g/mol. The number of rotatable bonds is 10. The van der Waals surface area contributed by atoms with Gasteiger partial charge in [-0.1, -0.05) is 51.1 Å². The molecule has 2 nitrogen and oxygen atoms in total. The Balaban J connectivity index is 2.10. The van der Waals surface area contributed by atoms with Gasteiger partial charge in [0.1, 0.15) is 0 Å². The van der Waals surface area contributed by atoms with E-state index in [4.69, 9.17) is 0 Å². The average Bonchev–Trinajstić information content (AvgIpc) is 2.42. The normalized spacial score (nSPS) is 12.8. The Bertz CT molecular complexity index is 308. The minimum absolute atomic E-state index is 0.643. The van der Waals surface area contributed by atoms with Crippen LogP contribution in [0.1, 0.15) is 45.1 Å². The van der Waals surface area contributed by atoms with Gasteiger partial charge in [0.2, 0.25) is 0 Å². The van der Waals surface area contributed by atoms with Gasteiger partial charge in [-0.15, -0.1) is 0 Å². The molecule has 1 aromatic rings. The molecule has 0 saturated carbocycles. The van der Waals surface area contributed by atoms with E-state index in [0.717, 1.165) is 32.1 Å². The van der Waals surface area contributed by atoms with E-state index in [1.54, 1.807) is 0 Å². The lowest BCUT2D eigenvalue weighted by molar-refractivity contribution is 0.516. The van der Waals surface area contributed by atoms with Gasteiger partial charge in [-0.25, -0.2) is 0 Å². The molecule has 0 spiro atoms. The molecule has 108 valence electrons. The summed E-state index contributed by atoms with van der Waals surface area (Å²) in [5.74, 6) is 1.39. The maximum atomic E-state index is 3.58. The lowest BCUT2D eigenvalue weighted by Gasteiger charge is -2.16. The first-order chi connectivity index (χ1) is 9.24. The molecule has 0 aliphatic heterocycles. The van der Waals surface area contributed by atoms with E-state index in [0.29, 0.717) is 5.92 Å². The first-order valence-electron chi connectivity index (χ1n) is 7.70. The molecule has 0 radical (unpaired) electrons. The van der Waals surface area contributed by atoms with Crippen molar-refractivity contribution in [3.63, 3.8) is 0 Å². The quantitative estimate of drug-likeness (QED) is 0.631. The van der Waals surface area contributed by atoms with E-state index in [1.807, 2.05) is 0 Å². The molecule has 0 aliphatic carbocycles. The van der Waals surface area contributed by atoms with Gasteiger partial charge >= 0.3 is 0 Å². The second-order valence-corrected chi connectivity index (χ2v) is 5.67. The highest BCUT2D eigenvalue weighted by Gasteiger charge is 2.07. The SMILES string of the molecule is CCC(CNCCCNCC(C)C)c1ccccc1. The highest BCUT2D eigenvalue weighted by atomic mass is 14.9. The molecule has 1 atom stereocenters. The van der Waals surface area contributed by atoms with Crippen molar-refractivity contribution in [2.75, 3.05) is 26.2 Å². The fourth-order valence-electron chi connectivity index (χ4n) is 2.23. The van der Waals surface area contributed by atoms with Crippen LogP contribution < -0.4 is 10.6 Å². The van der Waals surface area contributed by atoms with Crippen molar-refractivity contribution >= 4 is 0 Å². The van der Waals surface area contributed by atoms with Crippen LogP contribution >= 0.6 is 0 Å². The van der Waals surface area contributed by atoms with Gasteiger partial charge in [0.05, 0.1) is 0 Å². The van der Waals surface area contributed by atoms with E-state index in [9.17, 15) is 0 Å². The predicted molar refractivity (Wildman–Crippen MR) is 84.7 cm³/mol. The second kappa shape index (κ2) is 9.99. The van der Waals surface area contributed by atoms with Crippen LogP contribution in [0.4, 0.5) is 0 Å². The Morgan fingerprint density at radius 1 is 0.947 bits per heavy atom. The van der Waals surface area contributed by atoms with Crippen molar-refractivity contribution in [1.29, 1.82) is 0 Å². The summed E-state index contributed by atoms with van der Waals surface area (Å²) >= 11 is 0. The molecule has 2 heteroatoms. The first kappa shape index (κ1) is 16.2. The summed E-state index contributed by atoms with van der Waals surface area (Å²) in [6, 6.07) is 10.8. The van der Waals surface area contributed by atoms with Crippen molar-refractivity contribution in [1.82, 2.24) is 10.6 Å². The third-order valence-electron chi connectivity index (χ3n) is 3.41. The highest BCUT2D eigenvalue weighted by Crippen LogP contribution is 2.17. The minimum Gasteiger partial charge on any atom is -0.316 e. The van der Waals surface area contributed by atoms with Crippen LogP contribution in [0.2, 0.25) is 0 Å². The van der Waals surface area contributed by atoms with E-state index in [1.165, 1.54) is 18.4 Å². The molecule has 0 amide bonds. The van der Waals surface area contributed by atoms with Crippen LogP contribution in [0.15, 0.2) is 30.3 Å². The summed E-state index contributed by atoms with van der Waals surface area (Å²) in [4.78, 5) is 0. The molecule has 1 rings (SSSR count). The Morgan fingerprint density at radius 2 is 1.58 bits per heavy atom. The molecule has 1 unspecified atom stereocenters. The van der Waals surface area contributed by atoms with E-state index in [2.05, 4.69) is 61.7 Å². The summed E-state index contributed by atoms with van der Waals surface area (Å²) in [7, 11) is 0. The van der Waals surface area contributed by atoms with E-state index < -0.39 is 0 Å². The number of hydrogen-bond acceptors (Lipinski definition) is 2. The summed E-state index contributed by atoms with van der Waals surface area (Å²) in [6.07, 6.45) is 2.40. The molecule has 19 heavy (non-hydrogen) atoms. The third-order valence-corrected chi connectivity index (χ3v) is 3.41. The summed E-state index contributed by atoms with van der Waals surface area (Å²) in [6.45, 7) is 11.2. The standard InChI is InChI=1S/C17H30N2/c1-4-16(17-9-6-5-7-10-17)14-19-12-8-11-18-13-15(2)3/h5-7,9-10,15-16,18-19H,4,8,11-14H2,1-3H3. The van der Waals surface area contributed by atoms with Gasteiger partial charge in [-0.05, 0) is 49.9 Å². The smallest absolute Gasteiger partial charge is 0.00200 e. The number of benzene rings is 1. The Hall–Kier alpha value is -0.860. The van der Waals surface area contributed by atoms with Crippen molar-refractivity contribution in [3.8, 4) is 0 Å². The Morgan fingerprint density at radius 3 is 2.16 bits per heavy atom. The molecular formula is C17H30N2. The van der Waals surface area contributed by atoms with Gasteiger partial charge < -0.3 is 10.6 Å². The van der Waals surface area contributed by atoms with Gasteiger partial charge in [-0.2, -0.15) is 0 Å². The van der Waals surface area contributed by atoms with Crippen LogP contribution in [0.3, 0.4) is 0 Å². The molecule has 0 bridgehead atoms. The molecule has 0 fully saturated rings. The lowest BCUT2D eigenvalue weighted by atomic mass is 9.96. The van der Waals surface area contributed by atoms with E-state index in [-0.39, 0.29) is 0 Å². The molecular weight excluding hydrogens is 232 g/mol. The maximum absolute atomic E-state index is 3.58. The zero-order valence-electron chi connectivity index (χ0n) is 12.8. The van der Waals surface area contributed by atoms with Gasteiger partial charge in [0.15, 0.2) is 0 Å². The molecule has 0 saturated heterocycles. The molecule has 1 aromatic carbocycles. The Kier molecular flexibility index (Phi) is 8.52. The number of nitrogens with one attached hydrogen (secondary N) is 2. The zero-order valence-corrected chi connectivity index (χ0v) is 12.8. The van der Waals surface area contributed by atoms with Crippen LogP contribution in [-0.2, 0) is 0 Å². The van der Waals surface area contributed by atoms with Crippen molar-refractivity contribution in [2.24, 2.45) is 5.92 Å². The van der Waals surface area contributed by atoms with Crippen molar-refractivity contribution in [3.05, 3.63) is 35.9 Å². The van der Waals surface area contributed by atoms with Crippen LogP contribution in [0.5, 0.6) is 0 Å². The lowest BCUT2D eigenvalue weighted by Crippen LogP contribution is -2.27. The minimum atomic E-state index is 0.643. The Labute approximate surface area is 119 Å². The zero-order chi connectivity index (χ0) is 13.9. The molecule has 0 heterocycles. The third kappa shape index (κ3) is 7.34. The van der Waals surface area contributed by atoms with Crippen molar-refractivity contribution in [2.45, 2.75) is 39.5 Å². The van der Waals surface area contributed by atoms with Crippen LogP contribution in [0, 0.1) is 5.92 Å². The van der Waals surface area contributed by atoms with Gasteiger partial charge in [0, 0.05) is 6.54 Å². The first-order valence-corrected chi connectivity index (χ1v) is 7.70. The number of hydrogen-bond donors (Lipinski definition) is 2. The van der Waals surface area contributed by atoms with Gasteiger partial charge in [-0.3, -0.25) is 0 Å². The molecule has 0 aliphatic rings. The molecule has 2 N–H and O–H groups in total. The topological polar surface area (TPSA) is 24.1 Å². The maximum Gasteiger partial charge on any atom is 0.00200 e. The highest BCUT2D eigenvalue weighted by molar-refractivity contribution is 5.19.